The molecule has 0 bridgehead atoms. The van der Waals surface area contributed by atoms with Gasteiger partial charge < -0.3 is 10.4 Å². The van der Waals surface area contributed by atoms with Gasteiger partial charge in [-0.25, -0.2) is 4.39 Å². The number of carbonyl (C=O) groups excluding carboxylic acids is 1. The highest BCUT2D eigenvalue weighted by Gasteiger charge is 2.44. The fraction of sp³-hybridized carbons (Fsp3) is 0.533. The summed E-state index contributed by atoms with van der Waals surface area (Å²) >= 11 is 1.71. The van der Waals surface area contributed by atoms with Crippen LogP contribution in [0.5, 0.6) is 0 Å². The topological polar surface area (TPSA) is 49.3 Å². The molecule has 3 rings (SSSR count). The first kappa shape index (κ1) is 13.9. The molecule has 3 nitrogen and oxygen atoms in total. The summed E-state index contributed by atoms with van der Waals surface area (Å²) < 4.78 is 13.2. The number of carbonyl (C=O) groups is 1. The van der Waals surface area contributed by atoms with E-state index >= 15 is 0 Å². The first-order valence-electron chi connectivity index (χ1n) is 6.91. The van der Waals surface area contributed by atoms with Gasteiger partial charge in [0.15, 0.2) is 0 Å². The van der Waals surface area contributed by atoms with Crippen molar-refractivity contribution in [1.29, 1.82) is 0 Å². The van der Waals surface area contributed by atoms with Gasteiger partial charge in [-0.05, 0) is 42.2 Å². The Bertz CT molecular complexity index is 516. The fourth-order valence-electron chi connectivity index (χ4n) is 2.71. The molecule has 1 amide bonds. The summed E-state index contributed by atoms with van der Waals surface area (Å²) in [5, 5.41) is 13.0. The number of benzene rings is 1. The van der Waals surface area contributed by atoms with Gasteiger partial charge in [-0.1, -0.05) is 12.1 Å². The Morgan fingerprint density at radius 1 is 1.55 bits per heavy atom. The molecule has 1 saturated heterocycles. The Morgan fingerprint density at radius 3 is 3.10 bits per heavy atom. The molecule has 1 aromatic carbocycles. The highest BCUT2D eigenvalue weighted by atomic mass is 32.2. The van der Waals surface area contributed by atoms with E-state index < -0.39 is 5.60 Å². The molecule has 2 fully saturated rings. The Labute approximate surface area is 121 Å². The predicted octanol–water partition coefficient (Wildman–Crippen LogP) is 1.91. The molecule has 0 radical (unpaired) electrons. The molecule has 2 N–H and O–H groups in total. The minimum atomic E-state index is -0.746. The van der Waals surface area contributed by atoms with E-state index in [9.17, 15) is 14.3 Å². The van der Waals surface area contributed by atoms with Crippen LogP contribution < -0.4 is 5.32 Å². The van der Waals surface area contributed by atoms with E-state index in [-0.39, 0.29) is 23.6 Å². The Morgan fingerprint density at radius 2 is 2.40 bits per heavy atom. The standard InChI is InChI=1S/C15H18FNO2S/c16-11-3-1-2-10(6-11)12-7-13(12)14(18)17-8-15(19)4-5-20-9-15/h1-3,6,12-13,19H,4-5,7-9H2,(H,17,18). The fourth-order valence-corrected chi connectivity index (χ4v) is 4.00. The second-order valence-corrected chi connectivity index (χ2v) is 6.85. The second kappa shape index (κ2) is 5.37. The highest BCUT2D eigenvalue weighted by molar-refractivity contribution is 7.99. The number of thioether (sulfide) groups is 1. The number of amides is 1. The van der Waals surface area contributed by atoms with Crippen molar-refractivity contribution in [1.82, 2.24) is 5.32 Å². The lowest BCUT2D eigenvalue weighted by molar-refractivity contribution is -0.123. The number of aliphatic hydroxyl groups is 1. The lowest BCUT2D eigenvalue weighted by Crippen LogP contribution is -2.43. The Balaban J connectivity index is 1.52. The van der Waals surface area contributed by atoms with Crippen molar-refractivity contribution in [3.8, 4) is 0 Å². The van der Waals surface area contributed by atoms with Crippen molar-refractivity contribution in [2.24, 2.45) is 5.92 Å². The molecule has 2 aliphatic rings. The molecular weight excluding hydrogens is 277 g/mol. The minimum Gasteiger partial charge on any atom is -0.387 e. The lowest BCUT2D eigenvalue weighted by Gasteiger charge is -2.21. The van der Waals surface area contributed by atoms with Crippen LogP contribution in [0.4, 0.5) is 4.39 Å². The summed E-state index contributed by atoms with van der Waals surface area (Å²) in [6.45, 7) is 0.325. The summed E-state index contributed by atoms with van der Waals surface area (Å²) in [5.41, 5.74) is 0.143. The van der Waals surface area contributed by atoms with E-state index in [2.05, 4.69) is 5.32 Å². The van der Waals surface area contributed by atoms with E-state index in [1.165, 1.54) is 12.1 Å². The molecule has 0 aromatic heterocycles. The summed E-state index contributed by atoms with van der Waals surface area (Å²) in [6, 6.07) is 6.45. The minimum absolute atomic E-state index is 0.0235. The molecule has 5 heteroatoms. The van der Waals surface area contributed by atoms with Crippen LogP contribution in [0, 0.1) is 11.7 Å². The zero-order valence-electron chi connectivity index (χ0n) is 11.1. The third-order valence-corrected chi connectivity index (χ3v) is 5.31. The van der Waals surface area contributed by atoms with Crippen LogP contribution in [0.3, 0.4) is 0 Å². The molecule has 3 unspecified atom stereocenters. The van der Waals surface area contributed by atoms with Gasteiger partial charge in [0.2, 0.25) is 5.91 Å². The van der Waals surface area contributed by atoms with Crippen LogP contribution in [-0.2, 0) is 4.79 Å². The van der Waals surface area contributed by atoms with Gasteiger partial charge >= 0.3 is 0 Å². The normalized spacial score (nSPS) is 32.1. The molecule has 1 aliphatic carbocycles. The highest BCUT2D eigenvalue weighted by Crippen LogP contribution is 2.47. The number of rotatable bonds is 4. The first-order chi connectivity index (χ1) is 9.57. The maximum atomic E-state index is 13.2. The smallest absolute Gasteiger partial charge is 0.223 e. The van der Waals surface area contributed by atoms with Crippen molar-refractivity contribution in [2.45, 2.75) is 24.4 Å². The number of hydrogen-bond donors (Lipinski definition) is 2. The third-order valence-electron chi connectivity index (χ3n) is 4.08. The van der Waals surface area contributed by atoms with E-state index in [1.807, 2.05) is 6.07 Å². The largest absolute Gasteiger partial charge is 0.387 e. The van der Waals surface area contributed by atoms with Gasteiger partial charge in [-0.15, -0.1) is 0 Å². The van der Waals surface area contributed by atoms with Gasteiger partial charge in [-0.2, -0.15) is 11.8 Å². The van der Waals surface area contributed by atoms with Crippen molar-refractivity contribution in [3.05, 3.63) is 35.6 Å². The van der Waals surface area contributed by atoms with Crippen LogP contribution in [0.1, 0.15) is 24.3 Å². The van der Waals surface area contributed by atoms with Gasteiger partial charge in [-0.3, -0.25) is 4.79 Å². The Kier molecular flexibility index (Phi) is 3.73. The molecule has 1 aliphatic heterocycles. The first-order valence-corrected chi connectivity index (χ1v) is 8.06. The van der Waals surface area contributed by atoms with Crippen LogP contribution >= 0.6 is 11.8 Å². The van der Waals surface area contributed by atoms with E-state index in [0.717, 1.165) is 24.2 Å². The van der Waals surface area contributed by atoms with Crippen molar-refractivity contribution < 1.29 is 14.3 Å². The molecule has 1 aromatic rings. The van der Waals surface area contributed by atoms with Gasteiger partial charge in [0.1, 0.15) is 5.82 Å². The quantitative estimate of drug-likeness (QED) is 0.892. The average Bonchev–Trinajstić information content (AvgIpc) is 3.12. The molecular formula is C15H18FNO2S. The summed E-state index contributed by atoms with van der Waals surface area (Å²) in [7, 11) is 0. The number of nitrogens with one attached hydrogen (secondary N) is 1. The number of halogens is 1. The van der Waals surface area contributed by atoms with Crippen LogP contribution in [0.25, 0.3) is 0 Å². The molecule has 3 atom stereocenters. The van der Waals surface area contributed by atoms with Crippen molar-refractivity contribution in [3.63, 3.8) is 0 Å². The van der Waals surface area contributed by atoms with Crippen LogP contribution in [0.15, 0.2) is 24.3 Å². The van der Waals surface area contributed by atoms with Crippen LogP contribution in [-0.4, -0.2) is 34.7 Å². The average molecular weight is 295 g/mol. The van der Waals surface area contributed by atoms with E-state index in [4.69, 9.17) is 0 Å². The monoisotopic (exact) mass is 295 g/mol. The number of hydrogen-bond acceptors (Lipinski definition) is 3. The third kappa shape index (κ3) is 2.99. The Hall–Kier alpha value is -1.07. The summed E-state index contributed by atoms with van der Waals surface area (Å²) in [4.78, 5) is 12.1. The summed E-state index contributed by atoms with van der Waals surface area (Å²) in [5.74, 6) is 1.40. The molecule has 1 saturated carbocycles. The zero-order valence-corrected chi connectivity index (χ0v) is 12.0. The van der Waals surface area contributed by atoms with Crippen LogP contribution in [0.2, 0.25) is 0 Å². The van der Waals surface area contributed by atoms with Gasteiger partial charge in [0, 0.05) is 18.2 Å². The maximum Gasteiger partial charge on any atom is 0.223 e. The molecule has 1 heterocycles. The van der Waals surface area contributed by atoms with Crippen molar-refractivity contribution >= 4 is 17.7 Å². The molecule has 108 valence electrons. The lowest BCUT2D eigenvalue weighted by atomic mass is 10.0. The van der Waals surface area contributed by atoms with Crippen molar-refractivity contribution in [2.75, 3.05) is 18.1 Å². The summed E-state index contributed by atoms with van der Waals surface area (Å²) in [6.07, 6.45) is 1.50. The second-order valence-electron chi connectivity index (χ2n) is 5.75. The zero-order chi connectivity index (χ0) is 14.2. The molecule has 0 spiro atoms. The van der Waals surface area contributed by atoms with E-state index in [0.29, 0.717) is 12.3 Å². The SMILES string of the molecule is O=C(NCC1(O)CCSC1)C1CC1c1cccc(F)c1. The maximum absolute atomic E-state index is 13.2. The van der Waals surface area contributed by atoms with Gasteiger partial charge in [0.25, 0.3) is 0 Å². The van der Waals surface area contributed by atoms with E-state index in [1.54, 1.807) is 17.8 Å². The predicted molar refractivity (Wildman–Crippen MR) is 77.1 cm³/mol. The molecule has 20 heavy (non-hydrogen) atoms. The van der Waals surface area contributed by atoms with Gasteiger partial charge in [0.05, 0.1) is 5.60 Å².